The highest BCUT2D eigenvalue weighted by molar-refractivity contribution is 5.89. The Labute approximate surface area is 130 Å². The van der Waals surface area contributed by atoms with E-state index < -0.39 is 0 Å². The first-order chi connectivity index (χ1) is 10.5. The second-order valence-corrected chi connectivity index (χ2v) is 5.77. The van der Waals surface area contributed by atoms with Gasteiger partial charge in [0.05, 0.1) is 18.1 Å². The first-order valence-corrected chi connectivity index (χ1v) is 7.60. The van der Waals surface area contributed by atoms with Gasteiger partial charge in [-0.1, -0.05) is 13.8 Å². The zero-order valence-corrected chi connectivity index (χ0v) is 13.4. The van der Waals surface area contributed by atoms with Crippen LogP contribution in [-0.4, -0.2) is 57.9 Å². The molecule has 0 atom stereocenters. The minimum absolute atomic E-state index is 0.00918. The number of anilines is 1. The van der Waals surface area contributed by atoms with E-state index in [1.807, 2.05) is 18.7 Å². The van der Waals surface area contributed by atoms with Gasteiger partial charge in [-0.3, -0.25) is 4.79 Å². The summed E-state index contributed by atoms with van der Waals surface area (Å²) in [6.45, 7) is 8.05. The van der Waals surface area contributed by atoms with Crippen molar-refractivity contribution in [3.05, 3.63) is 18.2 Å². The number of amides is 3. The van der Waals surface area contributed by atoms with Gasteiger partial charge >= 0.3 is 6.03 Å². The smallest absolute Gasteiger partial charge is 0.321 e. The number of aromatic nitrogens is 2. The van der Waals surface area contributed by atoms with Crippen LogP contribution < -0.4 is 5.32 Å². The third kappa shape index (κ3) is 4.16. The van der Waals surface area contributed by atoms with Crippen LogP contribution in [0, 0.1) is 12.8 Å². The van der Waals surface area contributed by atoms with Gasteiger partial charge < -0.3 is 15.1 Å². The summed E-state index contributed by atoms with van der Waals surface area (Å²) in [7, 11) is 0. The van der Waals surface area contributed by atoms with E-state index in [9.17, 15) is 9.59 Å². The molecule has 0 radical (unpaired) electrons. The standard InChI is InChI=1S/C15H23N5O2/c1-11(2)14(21)19-5-4-6-20(8-7-19)15(22)18-13-9-16-12(3)17-10-13/h9-11H,4-8H2,1-3H3,(H,18,22). The van der Waals surface area contributed by atoms with Gasteiger partial charge in [0.25, 0.3) is 0 Å². The Kier molecular flexibility index (Phi) is 5.30. The lowest BCUT2D eigenvalue weighted by Gasteiger charge is -2.23. The van der Waals surface area contributed by atoms with Gasteiger partial charge in [-0.05, 0) is 13.3 Å². The highest BCUT2D eigenvalue weighted by Crippen LogP contribution is 2.10. The SMILES string of the molecule is Cc1ncc(NC(=O)N2CCCN(C(=O)C(C)C)CC2)cn1. The van der Waals surface area contributed by atoms with Gasteiger partial charge in [-0.2, -0.15) is 0 Å². The fraction of sp³-hybridized carbons (Fsp3) is 0.600. The number of nitrogens with zero attached hydrogens (tertiary/aromatic N) is 4. The molecule has 1 N–H and O–H groups in total. The van der Waals surface area contributed by atoms with Crippen LogP contribution in [0.5, 0.6) is 0 Å². The van der Waals surface area contributed by atoms with E-state index in [4.69, 9.17) is 0 Å². The molecule has 7 nitrogen and oxygen atoms in total. The van der Waals surface area contributed by atoms with E-state index in [2.05, 4.69) is 15.3 Å². The molecule has 1 saturated heterocycles. The number of rotatable bonds is 2. The van der Waals surface area contributed by atoms with Crippen LogP contribution in [0.15, 0.2) is 12.4 Å². The molecule has 0 aliphatic carbocycles. The predicted octanol–water partition coefficient (Wildman–Crippen LogP) is 1.51. The summed E-state index contributed by atoms with van der Waals surface area (Å²) >= 11 is 0. The van der Waals surface area contributed by atoms with Crippen molar-refractivity contribution < 1.29 is 9.59 Å². The fourth-order valence-corrected chi connectivity index (χ4v) is 2.37. The highest BCUT2D eigenvalue weighted by atomic mass is 16.2. The minimum atomic E-state index is -0.175. The van der Waals surface area contributed by atoms with Crippen LogP contribution in [0.1, 0.15) is 26.1 Å². The largest absolute Gasteiger partial charge is 0.341 e. The Morgan fingerprint density at radius 1 is 1.09 bits per heavy atom. The van der Waals surface area contributed by atoms with Crippen molar-refractivity contribution in [3.8, 4) is 0 Å². The molecule has 1 fully saturated rings. The maximum atomic E-state index is 12.3. The average molecular weight is 305 g/mol. The van der Waals surface area contributed by atoms with E-state index in [0.717, 1.165) is 6.42 Å². The fourth-order valence-electron chi connectivity index (χ4n) is 2.37. The zero-order chi connectivity index (χ0) is 16.1. The van der Waals surface area contributed by atoms with Crippen molar-refractivity contribution in [3.63, 3.8) is 0 Å². The topological polar surface area (TPSA) is 78.4 Å². The van der Waals surface area contributed by atoms with Crippen molar-refractivity contribution in [2.75, 3.05) is 31.5 Å². The van der Waals surface area contributed by atoms with Crippen LogP contribution in [0.25, 0.3) is 0 Å². The summed E-state index contributed by atoms with van der Waals surface area (Å²) in [5.74, 6) is 0.801. The number of carbonyl (C=O) groups excluding carboxylic acids is 2. The first kappa shape index (κ1) is 16.2. The van der Waals surface area contributed by atoms with Crippen molar-refractivity contribution in [1.82, 2.24) is 19.8 Å². The molecule has 0 bridgehead atoms. The molecule has 22 heavy (non-hydrogen) atoms. The quantitative estimate of drug-likeness (QED) is 0.898. The first-order valence-electron chi connectivity index (χ1n) is 7.60. The summed E-state index contributed by atoms with van der Waals surface area (Å²) in [4.78, 5) is 36.0. The molecule has 0 aromatic carbocycles. The van der Waals surface area contributed by atoms with Crippen LogP contribution in [-0.2, 0) is 4.79 Å². The molecule has 1 aromatic rings. The number of hydrogen-bond donors (Lipinski definition) is 1. The third-order valence-corrected chi connectivity index (χ3v) is 3.62. The average Bonchev–Trinajstić information content (AvgIpc) is 2.74. The maximum absolute atomic E-state index is 12.3. The summed E-state index contributed by atoms with van der Waals surface area (Å²) < 4.78 is 0. The van der Waals surface area contributed by atoms with Crippen molar-refractivity contribution >= 4 is 17.6 Å². The number of nitrogens with one attached hydrogen (secondary N) is 1. The van der Waals surface area contributed by atoms with E-state index >= 15 is 0 Å². The second kappa shape index (κ2) is 7.20. The van der Waals surface area contributed by atoms with Gasteiger partial charge in [-0.25, -0.2) is 14.8 Å². The molecule has 1 aliphatic heterocycles. The molecule has 0 saturated carbocycles. The summed E-state index contributed by atoms with van der Waals surface area (Å²) in [5.41, 5.74) is 0.579. The Bertz CT molecular complexity index is 529. The number of hydrogen-bond acceptors (Lipinski definition) is 4. The van der Waals surface area contributed by atoms with Gasteiger partial charge in [0.1, 0.15) is 5.82 Å². The lowest BCUT2D eigenvalue weighted by atomic mass is 10.2. The Morgan fingerprint density at radius 3 is 2.32 bits per heavy atom. The van der Waals surface area contributed by atoms with Crippen LogP contribution >= 0.6 is 0 Å². The van der Waals surface area contributed by atoms with E-state index in [0.29, 0.717) is 37.7 Å². The van der Waals surface area contributed by atoms with E-state index in [1.54, 1.807) is 24.2 Å². The Balaban J connectivity index is 1.91. The third-order valence-electron chi connectivity index (χ3n) is 3.62. The molecule has 7 heteroatoms. The molecule has 2 rings (SSSR count). The van der Waals surface area contributed by atoms with Gasteiger partial charge in [0, 0.05) is 32.1 Å². The number of urea groups is 1. The summed E-state index contributed by atoms with van der Waals surface area (Å²) in [6, 6.07) is -0.175. The van der Waals surface area contributed by atoms with E-state index in [1.165, 1.54) is 0 Å². The molecule has 3 amide bonds. The monoisotopic (exact) mass is 305 g/mol. The lowest BCUT2D eigenvalue weighted by Crippen LogP contribution is -2.40. The molecular weight excluding hydrogens is 282 g/mol. The van der Waals surface area contributed by atoms with E-state index in [-0.39, 0.29) is 17.9 Å². The maximum Gasteiger partial charge on any atom is 0.321 e. The molecular formula is C15H23N5O2. The van der Waals surface area contributed by atoms with Crippen molar-refractivity contribution in [2.45, 2.75) is 27.2 Å². The number of aryl methyl sites for hydroxylation is 1. The van der Waals surface area contributed by atoms with Crippen LogP contribution in [0.3, 0.4) is 0 Å². The molecule has 1 aromatic heterocycles. The molecule has 120 valence electrons. The molecule has 1 aliphatic rings. The number of carbonyl (C=O) groups is 2. The summed E-state index contributed by atoms with van der Waals surface area (Å²) in [5, 5.41) is 2.79. The molecule has 0 unspecified atom stereocenters. The zero-order valence-electron chi connectivity index (χ0n) is 13.4. The van der Waals surface area contributed by atoms with Crippen LogP contribution in [0.2, 0.25) is 0 Å². The van der Waals surface area contributed by atoms with Gasteiger partial charge in [-0.15, -0.1) is 0 Å². The molecule has 0 spiro atoms. The predicted molar refractivity (Wildman–Crippen MR) is 83.4 cm³/mol. The lowest BCUT2D eigenvalue weighted by molar-refractivity contribution is -0.134. The van der Waals surface area contributed by atoms with Crippen LogP contribution in [0.4, 0.5) is 10.5 Å². The van der Waals surface area contributed by atoms with Gasteiger partial charge in [0.15, 0.2) is 0 Å². The Morgan fingerprint density at radius 2 is 1.68 bits per heavy atom. The minimum Gasteiger partial charge on any atom is -0.341 e. The Hall–Kier alpha value is -2.18. The molecule has 2 heterocycles. The summed E-state index contributed by atoms with van der Waals surface area (Å²) in [6.07, 6.45) is 3.97. The van der Waals surface area contributed by atoms with Crippen molar-refractivity contribution in [1.29, 1.82) is 0 Å². The normalized spacial score (nSPS) is 15.6. The second-order valence-electron chi connectivity index (χ2n) is 5.77. The highest BCUT2D eigenvalue weighted by Gasteiger charge is 2.23. The van der Waals surface area contributed by atoms with Crippen molar-refractivity contribution in [2.24, 2.45) is 5.92 Å². The van der Waals surface area contributed by atoms with Gasteiger partial charge in [0.2, 0.25) is 5.91 Å².